The van der Waals surface area contributed by atoms with Gasteiger partial charge in [0, 0.05) is 0 Å². The summed E-state index contributed by atoms with van der Waals surface area (Å²) in [4.78, 5) is 0. The maximum Gasteiger partial charge on any atom is -0.0162 e. The minimum atomic E-state index is 0.599. The predicted molar refractivity (Wildman–Crippen MR) is 203 cm³/mol. The van der Waals surface area contributed by atoms with Crippen LogP contribution in [0.25, 0.3) is 44.5 Å². The third kappa shape index (κ3) is 8.67. The number of rotatable bonds is 13. The van der Waals surface area contributed by atoms with E-state index in [2.05, 4.69) is 146 Å². The standard InChI is InChI=1S/C46H54/c1-8-10-12-15-37(16-13-11-9-2)44-29-45(41-23-34(5)20-35(6)24-41)31-46(30-44)43-26-36(7)25-42(28-43)39-18-14-17-38(27-39)40-21-32(3)19-33(4)22-40/h14,17-31,37H,8-13,15-16H2,1-7H3. The van der Waals surface area contributed by atoms with Crippen LogP contribution >= 0.6 is 0 Å². The van der Waals surface area contributed by atoms with Crippen molar-refractivity contribution in [3.05, 3.63) is 130 Å². The van der Waals surface area contributed by atoms with Crippen LogP contribution in [0.15, 0.2) is 97.1 Å². The monoisotopic (exact) mass is 606 g/mol. The fourth-order valence-electron chi connectivity index (χ4n) is 7.26. The zero-order valence-corrected chi connectivity index (χ0v) is 29.5. The maximum absolute atomic E-state index is 2.53. The molecule has 0 nitrogen and oxygen atoms in total. The second-order valence-corrected chi connectivity index (χ2v) is 14.0. The van der Waals surface area contributed by atoms with Crippen LogP contribution < -0.4 is 0 Å². The summed E-state index contributed by atoms with van der Waals surface area (Å²) in [6.07, 6.45) is 10.3. The minimum Gasteiger partial charge on any atom is -0.0654 e. The van der Waals surface area contributed by atoms with E-state index >= 15 is 0 Å². The van der Waals surface area contributed by atoms with Gasteiger partial charge < -0.3 is 0 Å². The Morgan fingerprint density at radius 1 is 0.370 bits per heavy atom. The van der Waals surface area contributed by atoms with Crippen molar-refractivity contribution in [2.75, 3.05) is 0 Å². The normalized spacial score (nSPS) is 11.4. The summed E-state index contributed by atoms with van der Waals surface area (Å²) >= 11 is 0. The van der Waals surface area contributed by atoms with Crippen LogP contribution in [-0.2, 0) is 0 Å². The summed E-state index contributed by atoms with van der Waals surface area (Å²) < 4.78 is 0. The van der Waals surface area contributed by atoms with Gasteiger partial charge in [0.15, 0.2) is 0 Å². The van der Waals surface area contributed by atoms with Crippen molar-refractivity contribution in [3.63, 3.8) is 0 Å². The Bertz CT molecular complexity index is 1720. The van der Waals surface area contributed by atoms with Crippen molar-refractivity contribution in [2.45, 2.75) is 106 Å². The summed E-state index contributed by atoms with van der Waals surface area (Å²) in [6, 6.07) is 37.6. The van der Waals surface area contributed by atoms with Gasteiger partial charge >= 0.3 is 0 Å². The van der Waals surface area contributed by atoms with E-state index < -0.39 is 0 Å². The number of unbranched alkanes of at least 4 members (excludes halogenated alkanes) is 4. The SMILES string of the molecule is CCCCCC(CCCCC)c1cc(-c2cc(C)cc(C)c2)cc(-c2cc(C)cc(-c3cccc(-c4cc(C)cc(C)c4)c3)c2)c1. The topological polar surface area (TPSA) is 0 Å². The van der Waals surface area contributed by atoms with Gasteiger partial charge in [-0.05, 0) is 127 Å². The molecule has 0 heteroatoms. The van der Waals surface area contributed by atoms with Gasteiger partial charge in [-0.25, -0.2) is 0 Å². The highest BCUT2D eigenvalue weighted by Gasteiger charge is 2.16. The van der Waals surface area contributed by atoms with E-state index in [0.717, 1.165) is 0 Å². The molecule has 238 valence electrons. The first kappa shape index (κ1) is 33.5. The molecular weight excluding hydrogens is 553 g/mol. The van der Waals surface area contributed by atoms with Crippen LogP contribution in [0.4, 0.5) is 0 Å². The summed E-state index contributed by atoms with van der Waals surface area (Å²) in [5, 5.41) is 0. The highest BCUT2D eigenvalue weighted by Crippen LogP contribution is 2.38. The highest BCUT2D eigenvalue weighted by molar-refractivity contribution is 5.80. The molecule has 46 heavy (non-hydrogen) atoms. The van der Waals surface area contributed by atoms with E-state index in [4.69, 9.17) is 0 Å². The Kier molecular flexibility index (Phi) is 11.3. The summed E-state index contributed by atoms with van der Waals surface area (Å²) in [6.45, 7) is 15.7. The van der Waals surface area contributed by atoms with Crippen molar-refractivity contribution < 1.29 is 0 Å². The number of hydrogen-bond donors (Lipinski definition) is 0. The average Bonchev–Trinajstić information content (AvgIpc) is 3.03. The molecule has 0 saturated heterocycles. The lowest BCUT2D eigenvalue weighted by Crippen LogP contribution is -2.01. The molecule has 0 bridgehead atoms. The zero-order valence-electron chi connectivity index (χ0n) is 29.5. The summed E-state index contributed by atoms with van der Waals surface area (Å²) in [7, 11) is 0. The lowest BCUT2D eigenvalue weighted by Gasteiger charge is -2.21. The number of hydrogen-bond acceptors (Lipinski definition) is 0. The Balaban J connectivity index is 1.61. The molecule has 0 spiro atoms. The van der Waals surface area contributed by atoms with Crippen LogP contribution in [0.1, 0.15) is 105 Å². The quantitative estimate of drug-likeness (QED) is 0.117. The number of benzene rings is 5. The molecule has 0 N–H and O–H groups in total. The van der Waals surface area contributed by atoms with Gasteiger partial charge in [0.05, 0.1) is 0 Å². The van der Waals surface area contributed by atoms with Gasteiger partial charge in [-0.1, -0.05) is 153 Å². The van der Waals surface area contributed by atoms with E-state index in [1.54, 1.807) is 0 Å². The fourth-order valence-corrected chi connectivity index (χ4v) is 7.26. The van der Waals surface area contributed by atoms with Crippen molar-refractivity contribution in [1.29, 1.82) is 0 Å². The van der Waals surface area contributed by atoms with Gasteiger partial charge in [0.1, 0.15) is 0 Å². The van der Waals surface area contributed by atoms with Crippen LogP contribution in [0.2, 0.25) is 0 Å². The Hall–Kier alpha value is -3.90. The second-order valence-electron chi connectivity index (χ2n) is 14.0. The molecule has 0 aromatic heterocycles. The lowest BCUT2D eigenvalue weighted by atomic mass is 9.84. The molecule has 0 heterocycles. The third-order valence-corrected chi connectivity index (χ3v) is 9.46. The fraction of sp³-hybridized carbons (Fsp3) is 0.348. The number of aryl methyl sites for hydroxylation is 5. The van der Waals surface area contributed by atoms with Gasteiger partial charge in [0.25, 0.3) is 0 Å². The van der Waals surface area contributed by atoms with Crippen LogP contribution in [0.3, 0.4) is 0 Å². The molecule has 0 atom stereocenters. The molecule has 0 saturated carbocycles. The van der Waals surface area contributed by atoms with E-state index in [9.17, 15) is 0 Å². The van der Waals surface area contributed by atoms with Crippen molar-refractivity contribution in [1.82, 2.24) is 0 Å². The Labute approximate surface area is 279 Å². The van der Waals surface area contributed by atoms with Gasteiger partial charge in [-0.15, -0.1) is 0 Å². The first-order chi connectivity index (χ1) is 22.2. The van der Waals surface area contributed by atoms with Crippen molar-refractivity contribution in [3.8, 4) is 44.5 Å². The van der Waals surface area contributed by atoms with E-state index in [0.29, 0.717) is 5.92 Å². The van der Waals surface area contributed by atoms with Crippen LogP contribution in [-0.4, -0.2) is 0 Å². The van der Waals surface area contributed by atoms with E-state index in [1.165, 1.54) is 129 Å². The smallest absolute Gasteiger partial charge is 0.0162 e. The molecule has 0 radical (unpaired) electrons. The lowest BCUT2D eigenvalue weighted by molar-refractivity contribution is 0.507. The average molecular weight is 607 g/mol. The molecule has 0 aliphatic carbocycles. The Morgan fingerprint density at radius 2 is 0.696 bits per heavy atom. The summed E-state index contributed by atoms with van der Waals surface area (Å²) in [5.41, 5.74) is 18.5. The molecule has 0 aliphatic heterocycles. The van der Waals surface area contributed by atoms with Gasteiger partial charge in [-0.3, -0.25) is 0 Å². The summed E-state index contributed by atoms with van der Waals surface area (Å²) in [5.74, 6) is 0.599. The van der Waals surface area contributed by atoms with E-state index in [1.807, 2.05) is 0 Å². The minimum absolute atomic E-state index is 0.599. The first-order valence-electron chi connectivity index (χ1n) is 17.8. The van der Waals surface area contributed by atoms with Crippen LogP contribution in [0.5, 0.6) is 0 Å². The predicted octanol–water partition coefficient (Wildman–Crippen LogP) is 14.1. The molecule has 0 fully saturated rings. The maximum atomic E-state index is 2.53. The van der Waals surface area contributed by atoms with Crippen LogP contribution in [0, 0.1) is 34.6 Å². The molecular formula is C46H54. The highest BCUT2D eigenvalue weighted by atomic mass is 14.2. The molecule has 5 rings (SSSR count). The molecule has 5 aromatic carbocycles. The first-order valence-corrected chi connectivity index (χ1v) is 17.8. The zero-order chi connectivity index (χ0) is 32.6. The molecule has 0 amide bonds. The van der Waals surface area contributed by atoms with Crippen molar-refractivity contribution in [2.24, 2.45) is 0 Å². The molecule has 5 aromatic rings. The van der Waals surface area contributed by atoms with Crippen molar-refractivity contribution >= 4 is 0 Å². The van der Waals surface area contributed by atoms with Gasteiger partial charge in [-0.2, -0.15) is 0 Å². The molecule has 0 aliphatic rings. The van der Waals surface area contributed by atoms with Gasteiger partial charge in [0.2, 0.25) is 0 Å². The largest absolute Gasteiger partial charge is 0.0654 e. The third-order valence-electron chi connectivity index (χ3n) is 9.46. The molecule has 0 unspecified atom stereocenters. The Morgan fingerprint density at radius 3 is 1.13 bits per heavy atom. The second kappa shape index (κ2) is 15.6. The van der Waals surface area contributed by atoms with E-state index in [-0.39, 0.29) is 0 Å².